The molecule has 5 heteroatoms. The van der Waals surface area contributed by atoms with Crippen LogP contribution in [0.3, 0.4) is 0 Å². The molecule has 0 fully saturated rings. The van der Waals surface area contributed by atoms with Crippen molar-refractivity contribution >= 4 is 23.3 Å². The third-order valence-electron chi connectivity index (χ3n) is 4.66. The molecule has 0 aromatic heterocycles. The maximum Gasteiger partial charge on any atom is 0.337 e. The summed E-state index contributed by atoms with van der Waals surface area (Å²) in [5, 5.41) is 15.4. The summed E-state index contributed by atoms with van der Waals surface area (Å²) in [6.07, 6.45) is 2.07. The first kappa shape index (κ1) is 17.0. The summed E-state index contributed by atoms with van der Waals surface area (Å²) in [7, 11) is 0. The van der Waals surface area contributed by atoms with Gasteiger partial charge in [-0.25, -0.2) is 4.79 Å². The predicted octanol–water partition coefficient (Wildman–Crippen LogP) is 4.01. The van der Waals surface area contributed by atoms with Crippen molar-refractivity contribution in [2.45, 2.75) is 32.1 Å². The second-order valence-corrected chi connectivity index (χ2v) is 6.41. The van der Waals surface area contributed by atoms with Gasteiger partial charge in [0.2, 0.25) is 5.91 Å². The van der Waals surface area contributed by atoms with E-state index >= 15 is 0 Å². The Kier molecular flexibility index (Phi) is 5.03. The Balaban J connectivity index is 1.56. The fourth-order valence-electron chi connectivity index (χ4n) is 3.34. The molecule has 1 unspecified atom stereocenters. The van der Waals surface area contributed by atoms with Crippen LogP contribution in [0.25, 0.3) is 0 Å². The number of fused-ring (bicyclic) bond motifs is 1. The molecule has 25 heavy (non-hydrogen) atoms. The molecule has 130 valence electrons. The van der Waals surface area contributed by atoms with Crippen LogP contribution in [0.1, 0.15) is 46.7 Å². The average molecular weight is 338 g/mol. The van der Waals surface area contributed by atoms with Crippen molar-refractivity contribution in [1.82, 2.24) is 0 Å². The van der Waals surface area contributed by atoms with Crippen LogP contribution in [-0.2, 0) is 4.79 Å². The maximum atomic E-state index is 12.2. The molecule has 0 bridgehead atoms. The van der Waals surface area contributed by atoms with E-state index in [0.717, 1.165) is 24.9 Å². The second-order valence-electron chi connectivity index (χ2n) is 6.41. The van der Waals surface area contributed by atoms with Gasteiger partial charge in [0.05, 0.1) is 11.3 Å². The number of amides is 1. The Morgan fingerprint density at radius 1 is 1.20 bits per heavy atom. The van der Waals surface area contributed by atoms with Gasteiger partial charge in [-0.15, -0.1) is 0 Å². The van der Waals surface area contributed by atoms with Crippen molar-refractivity contribution in [3.05, 3.63) is 59.2 Å². The predicted molar refractivity (Wildman–Crippen MR) is 98.3 cm³/mol. The van der Waals surface area contributed by atoms with Crippen molar-refractivity contribution in [1.29, 1.82) is 0 Å². The third kappa shape index (κ3) is 3.82. The van der Waals surface area contributed by atoms with Gasteiger partial charge in [-0.1, -0.05) is 30.3 Å². The quantitative estimate of drug-likeness (QED) is 0.743. The number of carboxylic acid groups (broad SMARTS) is 1. The average Bonchev–Trinajstić information content (AvgIpc) is 3.00. The monoisotopic (exact) mass is 338 g/mol. The molecule has 1 heterocycles. The maximum absolute atomic E-state index is 12.2. The Morgan fingerprint density at radius 3 is 2.80 bits per heavy atom. The van der Waals surface area contributed by atoms with E-state index in [9.17, 15) is 14.7 Å². The normalized spacial score (nSPS) is 15.3. The molecule has 1 atom stereocenters. The molecule has 3 rings (SSSR count). The Hall–Kier alpha value is -2.82. The Morgan fingerprint density at radius 2 is 2.00 bits per heavy atom. The number of carboxylic acids is 1. The van der Waals surface area contributed by atoms with E-state index in [1.54, 1.807) is 19.1 Å². The van der Waals surface area contributed by atoms with E-state index in [1.165, 1.54) is 17.3 Å². The summed E-state index contributed by atoms with van der Waals surface area (Å²) in [4.78, 5) is 23.5. The molecule has 2 aromatic carbocycles. The summed E-state index contributed by atoms with van der Waals surface area (Å²) < 4.78 is 0. The highest BCUT2D eigenvalue weighted by atomic mass is 16.4. The first-order chi connectivity index (χ1) is 12.1. The van der Waals surface area contributed by atoms with Crippen molar-refractivity contribution < 1.29 is 14.7 Å². The highest BCUT2D eigenvalue weighted by molar-refractivity contribution is 6.01. The molecule has 1 aliphatic heterocycles. The number of rotatable bonds is 6. The first-order valence-electron chi connectivity index (χ1n) is 8.52. The smallest absolute Gasteiger partial charge is 0.337 e. The number of aromatic carboxylic acids is 1. The van der Waals surface area contributed by atoms with E-state index in [0.29, 0.717) is 18.0 Å². The fourth-order valence-corrected chi connectivity index (χ4v) is 3.34. The molecule has 0 saturated carbocycles. The van der Waals surface area contributed by atoms with Crippen molar-refractivity contribution in [2.75, 3.05) is 17.2 Å². The number of anilines is 2. The third-order valence-corrected chi connectivity index (χ3v) is 4.66. The lowest BCUT2D eigenvalue weighted by atomic mass is 9.95. The molecule has 0 aliphatic carbocycles. The van der Waals surface area contributed by atoms with Crippen LogP contribution < -0.4 is 10.6 Å². The molecule has 0 spiro atoms. The number of carbonyl (C=O) groups excluding carboxylic acids is 1. The molecule has 2 aromatic rings. The number of para-hydroxylation sites is 2. The fraction of sp³-hybridized carbons (Fsp3) is 0.300. The number of hydrogen-bond donors (Lipinski definition) is 3. The van der Waals surface area contributed by atoms with Crippen LogP contribution in [0.4, 0.5) is 11.4 Å². The van der Waals surface area contributed by atoms with E-state index in [-0.39, 0.29) is 11.5 Å². The van der Waals surface area contributed by atoms with Crippen molar-refractivity contribution in [3.8, 4) is 0 Å². The summed E-state index contributed by atoms with van der Waals surface area (Å²) >= 11 is 0. The summed E-state index contributed by atoms with van der Waals surface area (Å²) in [5.41, 5.74) is 3.77. The summed E-state index contributed by atoms with van der Waals surface area (Å²) in [6, 6.07) is 13.2. The van der Waals surface area contributed by atoms with E-state index in [2.05, 4.69) is 22.8 Å². The van der Waals surface area contributed by atoms with E-state index in [1.807, 2.05) is 12.1 Å². The second kappa shape index (κ2) is 7.38. The van der Waals surface area contributed by atoms with Gasteiger partial charge in [-0.2, -0.15) is 0 Å². The van der Waals surface area contributed by atoms with Crippen LogP contribution in [0.15, 0.2) is 42.5 Å². The minimum absolute atomic E-state index is 0.127. The molecule has 5 nitrogen and oxygen atoms in total. The zero-order valence-corrected chi connectivity index (χ0v) is 14.2. The molecule has 1 aliphatic rings. The zero-order chi connectivity index (χ0) is 17.8. The van der Waals surface area contributed by atoms with Gasteiger partial charge in [0.25, 0.3) is 0 Å². The van der Waals surface area contributed by atoms with Crippen LogP contribution in [0.2, 0.25) is 0 Å². The summed E-state index contributed by atoms with van der Waals surface area (Å²) in [6.45, 7) is 2.70. The van der Waals surface area contributed by atoms with E-state index in [4.69, 9.17) is 0 Å². The molecule has 3 N–H and O–H groups in total. The minimum atomic E-state index is -1.03. The lowest BCUT2D eigenvalue weighted by Crippen LogP contribution is -2.16. The molecule has 0 saturated heterocycles. The number of carbonyl (C=O) groups is 2. The SMILES string of the molecule is Cc1cccc(C(=O)O)c1NC(=O)CCCC1CNc2ccccc21. The highest BCUT2D eigenvalue weighted by Gasteiger charge is 2.21. The van der Waals surface area contributed by atoms with Crippen molar-refractivity contribution in [2.24, 2.45) is 0 Å². The number of aryl methyl sites for hydroxylation is 1. The van der Waals surface area contributed by atoms with Crippen LogP contribution >= 0.6 is 0 Å². The molecular weight excluding hydrogens is 316 g/mol. The largest absolute Gasteiger partial charge is 0.478 e. The van der Waals surface area contributed by atoms with Crippen LogP contribution in [0.5, 0.6) is 0 Å². The number of hydrogen-bond acceptors (Lipinski definition) is 3. The van der Waals surface area contributed by atoms with Gasteiger partial charge in [-0.05, 0) is 43.0 Å². The van der Waals surface area contributed by atoms with Gasteiger partial charge < -0.3 is 15.7 Å². The lowest BCUT2D eigenvalue weighted by Gasteiger charge is -2.13. The summed E-state index contributed by atoms with van der Waals surface area (Å²) in [5.74, 6) is -0.749. The van der Waals surface area contributed by atoms with Crippen LogP contribution in [-0.4, -0.2) is 23.5 Å². The molecule has 1 amide bonds. The standard InChI is InChI=1S/C20H22N2O3/c1-13-6-4-9-16(20(24)25)19(13)22-18(23)11-5-7-14-12-21-17-10-3-2-8-15(14)17/h2-4,6,8-10,14,21H,5,7,11-12H2,1H3,(H,22,23)(H,24,25). The lowest BCUT2D eigenvalue weighted by molar-refractivity contribution is -0.116. The van der Waals surface area contributed by atoms with Gasteiger partial charge >= 0.3 is 5.97 Å². The topological polar surface area (TPSA) is 78.4 Å². The number of benzene rings is 2. The van der Waals surface area contributed by atoms with Gasteiger partial charge in [0.15, 0.2) is 0 Å². The van der Waals surface area contributed by atoms with E-state index < -0.39 is 5.97 Å². The highest BCUT2D eigenvalue weighted by Crippen LogP contribution is 2.34. The zero-order valence-electron chi connectivity index (χ0n) is 14.2. The van der Waals surface area contributed by atoms with Gasteiger partial charge in [-0.3, -0.25) is 4.79 Å². The molecule has 0 radical (unpaired) electrons. The minimum Gasteiger partial charge on any atom is -0.478 e. The number of nitrogens with one attached hydrogen (secondary N) is 2. The Bertz CT molecular complexity index is 801. The first-order valence-corrected chi connectivity index (χ1v) is 8.52. The molecular formula is C20H22N2O3. The Labute approximate surface area is 147 Å². The van der Waals surface area contributed by atoms with Gasteiger partial charge in [0, 0.05) is 24.6 Å². The van der Waals surface area contributed by atoms with Crippen LogP contribution in [0, 0.1) is 6.92 Å². The van der Waals surface area contributed by atoms with Gasteiger partial charge in [0.1, 0.15) is 0 Å². The van der Waals surface area contributed by atoms with Crippen molar-refractivity contribution in [3.63, 3.8) is 0 Å².